The normalized spacial score (nSPS) is 13.0. The first kappa shape index (κ1) is 21.7. The van der Waals surface area contributed by atoms with Gasteiger partial charge in [0, 0.05) is 0 Å². The number of unbranched alkanes of at least 4 members (excludes halogenated alkanes) is 3. The van der Waals surface area contributed by atoms with Crippen LogP contribution in [0.5, 0.6) is 0 Å². The number of carbonyl (C=O) groups is 2. The first-order valence-electron chi connectivity index (χ1n) is 7.70. The zero-order valence-corrected chi connectivity index (χ0v) is 13.5. The molecular formula is C15H24F4O4. The highest BCUT2D eigenvalue weighted by Gasteiger charge is 2.42. The number of carbonyl (C=O) groups excluding carboxylic acids is 2. The van der Waals surface area contributed by atoms with Crippen molar-refractivity contribution in [2.45, 2.75) is 77.2 Å². The summed E-state index contributed by atoms with van der Waals surface area (Å²) in [6.45, 7) is 2.11. The molecule has 23 heavy (non-hydrogen) atoms. The summed E-state index contributed by atoms with van der Waals surface area (Å²) in [6, 6.07) is 0. The van der Waals surface area contributed by atoms with Gasteiger partial charge in [-0.1, -0.05) is 26.2 Å². The Kier molecular flexibility index (Phi) is 10.6. The molecule has 0 N–H and O–H groups in total. The molecule has 0 bridgehead atoms. The van der Waals surface area contributed by atoms with Crippen LogP contribution in [0.1, 0.15) is 58.8 Å². The summed E-state index contributed by atoms with van der Waals surface area (Å²) in [7, 11) is 0. The maximum absolute atomic E-state index is 12.5. The van der Waals surface area contributed by atoms with E-state index >= 15 is 0 Å². The lowest BCUT2D eigenvalue weighted by atomic mass is 10.1. The number of halogens is 4. The van der Waals surface area contributed by atoms with Crippen LogP contribution in [0.25, 0.3) is 0 Å². The van der Waals surface area contributed by atoms with E-state index in [4.69, 9.17) is 4.74 Å². The van der Waals surface area contributed by atoms with E-state index in [0.717, 1.165) is 25.7 Å². The third-order valence-corrected chi connectivity index (χ3v) is 3.07. The second-order valence-corrected chi connectivity index (χ2v) is 5.37. The standard InChI is InChI=1S/C15H24F4O4/c1-3-4-5-6-7-11(2)23-13(21)9-8-12(20)22-10-15(18,19)14(16)17/h11,14H,3-10H2,1-2H3. The van der Waals surface area contributed by atoms with Crippen LogP contribution in [0.3, 0.4) is 0 Å². The number of hydrogen-bond acceptors (Lipinski definition) is 4. The number of ether oxygens (including phenoxy) is 2. The first-order valence-corrected chi connectivity index (χ1v) is 7.70. The number of alkyl halides is 4. The molecule has 0 spiro atoms. The molecule has 0 amide bonds. The summed E-state index contributed by atoms with van der Waals surface area (Å²) in [5.74, 6) is -6.17. The van der Waals surface area contributed by atoms with Gasteiger partial charge in [-0.25, -0.2) is 8.78 Å². The Balaban J connectivity index is 3.85. The van der Waals surface area contributed by atoms with E-state index in [2.05, 4.69) is 11.7 Å². The summed E-state index contributed by atoms with van der Waals surface area (Å²) in [4.78, 5) is 22.6. The van der Waals surface area contributed by atoms with Crippen LogP contribution in [-0.4, -0.2) is 37.0 Å². The second kappa shape index (κ2) is 11.2. The fraction of sp³-hybridized carbons (Fsp3) is 0.867. The SMILES string of the molecule is CCCCCCC(C)OC(=O)CCC(=O)OCC(F)(F)C(F)F. The van der Waals surface area contributed by atoms with Gasteiger partial charge in [-0.3, -0.25) is 9.59 Å². The summed E-state index contributed by atoms with van der Waals surface area (Å²) in [5.41, 5.74) is 0. The van der Waals surface area contributed by atoms with Crippen molar-refractivity contribution in [2.75, 3.05) is 6.61 Å². The van der Waals surface area contributed by atoms with Crippen molar-refractivity contribution in [2.24, 2.45) is 0 Å². The monoisotopic (exact) mass is 344 g/mol. The lowest BCUT2D eigenvalue weighted by Gasteiger charge is -2.15. The highest BCUT2D eigenvalue weighted by atomic mass is 19.3. The van der Waals surface area contributed by atoms with Crippen molar-refractivity contribution in [1.82, 2.24) is 0 Å². The third-order valence-electron chi connectivity index (χ3n) is 3.07. The lowest BCUT2D eigenvalue weighted by Crippen LogP contribution is -2.33. The Labute approximate surface area is 133 Å². The Bertz CT molecular complexity index is 361. The van der Waals surface area contributed by atoms with Gasteiger partial charge in [0.05, 0.1) is 18.9 Å². The van der Waals surface area contributed by atoms with Gasteiger partial charge in [-0.15, -0.1) is 0 Å². The van der Waals surface area contributed by atoms with Crippen LogP contribution >= 0.6 is 0 Å². The van der Waals surface area contributed by atoms with Gasteiger partial charge >= 0.3 is 24.3 Å². The maximum atomic E-state index is 12.5. The molecule has 0 aromatic carbocycles. The van der Waals surface area contributed by atoms with Gasteiger partial charge in [0.25, 0.3) is 0 Å². The summed E-state index contributed by atoms with van der Waals surface area (Å²) in [5, 5.41) is 0. The predicted molar refractivity (Wildman–Crippen MR) is 75.5 cm³/mol. The molecule has 4 nitrogen and oxygen atoms in total. The average molecular weight is 344 g/mol. The van der Waals surface area contributed by atoms with Crippen molar-refractivity contribution in [3.8, 4) is 0 Å². The first-order chi connectivity index (χ1) is 10.7. The molecule has 1 unspecified atom stereocenters. The lowest BCUT2D eigenvalue weighted by molar-refractivity contribution is -0.180. The highest BCUT2D eigenvalue weighted by Crippen LogP contribution is 2.23. The molecule has 0 radical (unpaired) electrons. The van der Waals surface area contributed by atoms with Gasteiger partial charge < -0.3 is 9.47 Å². The Morgan fingerprint density at radius 3 is 2.22 bits per heavy atom. The maximum Gasteiger partial charge on any atom is 0.340 e. The fourth-order valence-corrected chi connectivity index (χ4v) is 1.72. The molecule has 0 aliphatic carbocycles. The third kappa shape index (κ3) is 10.9. The van der Waals surface area contributed by atoms with Gasteiger partial charge in [-0.05, 0) is 19.8 Å². The van der Waals surface area contributed by atoms with Crippen LogP contribution in [-0.2, 0) is 19.1 Å². The largest absolute Gasteiger partial charge is 0.463 e. The van der Waals surface area contributed by atoms with Crippen LogP contribution < -0.4 is 0 Å². The molecule has 0 saturated heterocycles. The number of rotatable bonds is 12. The van der Waals surface area contributed by atoms with Gasteiger partial charge in [0.15, 0.2) is 6.61 Å². The smallest absolute Gasteiger partial charge is 0.340 e. The van der Waals surface area contributed by atoms with E-state index in [1.807, 2.05) is 0 Å². The molecule has 0 aromatic rings. The summed E-state index contributed by atoms with van der Waals surface area (Å²) >= 11 is 0. The van der Waals surface area contributed by atoms with E-state index in [0.29, 0.717) is 6.42 Å². The van der Waals surface area contributed by atoms with Gasteiger partial charge in [-0.2, -0.15) is 8.78 Å². The Morgan fingerprint density at radius 1 is 1.04 bits per heavy atom. The minimum Gasteiger partial charge on any atom is -0.463 e. The highest BCUT2D eigenvalue weighted by molar-refractivity contribution is 5.77. The predicted octanol–water partition coefficient (Wildman–Crippen LogP) is 4.11. The molecule has 0 heterocycles. The Hall–Kier alpha value is -1.34. The second-order valence-electron chi connectivity index (χ2n) is 5.37. The van der Waals surface area contributed by atoms with Crippen LogP contribution in [0.4, 0.5) is 17.6 Å². The quantitative estimate of drug-likeness (QED) is 0.304. The number of esters is 2. The molecule has 136 valence electrons. The molecule has 0 rings (SSSR count). The van der Waals surface area contributed by atoms with Crippen molar-refractivity contribution in [1.29, 1.82) is 0 Å². The summed E-state index contributed by atoms with van der Waals surface area (Å²) in [6.07, 6.45) is -0.143. The molecule has 0 fully saturated rings. The van der Waals surface area contributed by atoms with Gasteiger partial charge in [0.2, 0.25) is 0 Å². The Morgan fingerprint density at radius 2 is 1.65 bits per heavy atom. The van der Waals surface area contributed by atoms with Crippen molar-refractivity contribution >= 4 is 11.9 Å². The zero-order valence-electron chi connectivity index (χ0n) is 13.5. The van der Waals surface area contributed by atoms with Crippen LogP contribution in [0.15, 0.2) is 0 Å². The minimum absolute atomic E-state index is 0.293. The molecular weight excluding hydrogens is 320 g/mol. The topological polar surface area (TPSA) is 52.6 Å². The molecule has 0 aromatic heterocycles. The van der Waals surface area contributed by atoms with Crippen molar-refractivity contribution in [3.63, 3.8) is 0 Å². The molecule has 0 aliphatic rings. The van der Waals surface area contributed by atoms with E-state index in [1.165, 1.54) is 0 Å². The molecule has 1 atom stereocenters. The van der Waals surface area contributed by atoms with E-state index in [1.54, 1.807) is 6.92 Å². The summed E-state index contributed by atoms with van der Waals surface area (Å²) < 4.78 is 57.9. The van der Waals surface area contributed by atoms with E-state index in [-0.39, 0.29) is 12.5 Å². The minimum atomic E-state index is -4.39. The van der Waals surface area contributed by atoms with Crippen LogP contribution in [0, 0.1) is 0 Å². The van der Waals surface area contributed by atoms with Gasteiger partial charge in [0.1, 0.15) is 0 Å². The average Bonchev–Trinajstić information content (AvgIpc) is 2.47. The molecule has 8 heteroatoms. The molecule has 0 aliphatic heterocycles. The van der Waals surface area contributed by atoms with Crippen molar-refractivity contribution in [3.05, 3.63) is 0 Å². The fourth-order valence-electron chi connectivity index (χ4n) is 1.72. The van der Waals surface area contributed by atoms with Crippen LogP contribution in [0.2, 0.25) is 0 Å². The van der Waals surface area contributed by atoms with E-state index < -0.39 is 37.3 Å². The number of hydrogen-bond donors (Lipinski definition) is 0. The van der Waals surface area contributed by atoms with Crippen molar-refractivity contribution < 1.29 is 36.6 Å². The van der Waals surface area contributed by atoms with E-state index in [9.17, 15) is 27.2 Å². The zero-order chi connectivity index (χ0) is 17.9. The molecule has 0 saturated carbocycles.